The zero-order valence-electron chi connectivity index (χ0n) is 6.67. The number of rotatable bonds is 1. The van der Waals surface area contributed by atoms with Gasteiger partial charge in [0.1, 0.15) is 0 Å². The summed E-state index contributed by atoms with van der Waals surface area (Å²) in [6, 6.07) is 3.57. The van der Waals surface area contributed by atoms with Gasteiger partial charge in [0.25, 0.3) is 0 Å². The molecule has 1 heterocycles. The van der Waals surface area contributed by atoms with Crippen LogP contribution in [0.25, 0.3) is 11.0 Å². The van der Waals surface area contributed by atoms with Crippen LogP contribution in [0.15, 0.2) is 22.9 Å². The maximum Gasteiger partial charge on any atom is 0.202 e. The van der Waals surface area contributed by atoms with E-state index in [-0.39, 0.29) is 11.4 Å². The first kappa shape index (κ1) is 7.28. The number of halogens is 1. The van der Waals surface area contributed by atoms with Crippen molar-refractivity contribution >= 4 is 11.0 Å². The van der Waals surface area contributed by atoms with Crippen molar-refractivity contribution in [1.82, 2.24) is 5.16 Å². The van der Waals surface area contributed by atoms with Gasteiger partial charge in [-0.3, -0.25) is 0 Å². The second-order valence-corrected chi connectivity index (χ2v) is 2.64. The monoisotopic (exact) mass is 165 g/mol. The van der Waals surface area contributed by atoms with Crippen molar-refractivity contribution in [2.75, 3.05) is 0 Å². The van der Waals surface area contributed by atoms with Crippen LogP contribution in [-0.4, -0.2) is 5.16 Å². The molecular formula is C9H8FNO. The van der Waals surface area contributed by atoms with Crippen LogP contribution < -0.4 is 0 Å². The van der Waals surface area contributed by atoms with E-state index in [1.807, 2.05) is 13.0 Å². The minimum Gasteiger partial charge on any atom is -0.353 e. The highest BCUT2D eigenvalue weighted by Gasteiger charge is 2.08. The van der Waals surface area contributed by atoms with Gasteiger partial charge < -0.3 is 4.52 Å². The summed E-state index contributed by atoms with van der Waals surface area (Å²) in [5, 5.41) is 4.24. The van der Waals surface area contributed by atoms with Gasteiger partial charge in [0.2, 0.25) is 5.58 Å². The van der Waals surface area contributed by atoms with Gasteiger partial charge in [0, 0.05) is 5.39 Å². The molecule has 0 N–H and O–H groups in total. The Labute approximate surface area is 69.0 Å². The van der Waals surface area contributed by atoms with E-state index in [4.69, 9.17) is 4.52 Å². The number of hydrogen-bond donors (Lipinski definition) is 0. The normalized spacial score (nSPS) is 10.8. The van der Waals surface area contributed by atoms with Crippen LogP contribution >= 0.6 is 0 Å². The third-order valence-corrected chi connectivity index (χ3v) is 1.92. The fourth-order valence-electron chi connectivity index (χ4n) is 1.22. The lowest BCUT2D eigenvalue weighted by Gasteiger charge is -1.97. The second kappa shape index (κ2) is 2.59. The first-order valence-corrected chi connectivity index (χ1v) is 3.84. The maximum atomic E-state index is 13.4. The summed E-state index contributed by atoms with van der Waals surface area (Å²) >= 11 is 0. The molecule has 0 aliphatic rings. The molecule has 0 atom stereocenters. The molecule has 0 aliphatic carbocycles. The highest BCUT2D eigenvalue weighted by molar-refractivity contribution is 5.77. The van der Waals surface area contributed by atoms with Gasteiger partial charge in [0.05, 0.1) is 6.20 Å². The fourth-order valence-corrected chi connectivity index (χ4v) is 1.22. The van der Waals surface area contributed by atoms with E-state index in [2.05, 4.69) is 5.16 Å². The molecule has 0 aliphatic heterocycles. The lowest BCUT2D eigenvalue weighted by molar-refractivity contribution is 0.439. The number of nitrogens with zero attached hydrogens (tertiary/aromatic N) is 1. The van der Waals surface area contributed by atoms with Crippen molar-refractivity contribution < 1.29 is 8.91 Å². The predicted molar refractivity (Wildman–Crippen MR) is 43.3 cm³/mol. The molecule has 1 aromatic carbocycles. The van der Waals surface area contributed by atoms with Crippen molar-refractivity contribution in [2.45, 2.75) is 13.3 Å². The Bertz CT molecular complexity index is 408. The van der Waals surface area contributed by atoms with Gasteiger partial charge in [-0.15, -0.1) is 0 Å². The van der Waals surface area contributed by atoms with Gasteiger partial charge >= 0.3 is 0 Å². The van der Waals surface area contributed by atoms with Crippen LogP contribution in [-0.2, 0) is 6.42 Å². The molecule has 2 nitrogen and oxygen atoms in total. The molecule has 0 saturated carbocycles. The van der Waals surface area contributed by atoms with Gasteiger partial charge in [-0.2, -0.15) is 0 Å². The minimum atomic E-state index is -0.285. The number of aromatic nitrogens is 1. The molecule has 2 aromatic rings. The molecule has 0 spiro atoms. The number of hydrogen-bond acceptors (Lipinski definition) is 2. The van der Waals surface area contributed by atoms with Crippen LogP contribution in [0.1, 0.15) is 12.5 Å². The fraction of sp³-hybridized carbons (Fsp3) is 0.222. The SMILES string of the molecule is CCc1ccc2cnoc2c1F. The summed E-state index contributed by atoms with van der Waals surface area (Å²) in [5.41, 5.74) is 0.925. The van der Waals surface area contributed by atoms with E-state index in [0.29, 0.717) is 17.4 Å². The Morgan fingerprint density at radius 3 is 3.08 bits per heavy atom. The average Bonchev–Trinajstić information content (AvgIpc) is 2.53. The molecule has 2 rings (SSSR count). The topological polar surface area (TPSA) is 26.0 Å². The lowest BCUT2D eigenvalue weighted by Crippen LogP contribution is -1.86. The van der Waals surface area contributed by atoms with Crippen LogP contribution in [0.3, 0.4) is 0 Å². The Morgan fingerprint density at radius 1 is 1.50 bits per heavy atom. The standard InChI is InChI=1S/C9H8FNO/c1-2-6-3-4-7-5-11-12-9(7)8(6)10/h3-5H,2H2,1H3. The zero-order chi connectivity index (χ0) is 8.55. The molecule has 0 fully saturated rings. The first-order valence-electron chi connectivity index (χ1n) is 3.84. The van der Waals surface area contributed by atoms with Crippen molar-refractivity contribution in [3.05, 3.63) is 29.7 Å². The third kappa shape index (κ3) is 0.897. The summed E-state index contributed by atoms with van der Waals surface area (Å²) in [5.74, 6) is -0.285. The highest BCUT2D eigenvalue weighted by atomic mass is 19.1. The van der Waals surface area contributed by atoms with Crippen molar-refractivity contribution in [3.63, 3.8) is 0 Å². The number of benzene rings is 1. The van der Waals surface area contributed by atoms with Crippen LogP contribution in [0.5, 0.6) is 0 Å². The summed E-state index contributed by atoms with van der Waals surface area (Å²) in [4.78, 5) is 0. The van der Waals surface area contributed by atoms with Crippen LogP contribution in [0, 0.1) is 5.82 Å². The van der Waals surface area contributed by atoms with E-state index in [0.717, 1.165) is 0 Å². The molecule has 0 amide bonds. The van der Waals surface area contributed by atoms with E-state index >= 15 is 0 Å². The largest absolute Gasteiger partial charge is 0.353 e. The van der Waals surface area contributed by atoms with E-state index < -0.39 is 0 Å². The summed E-state index contributed by atoms with van der Waals surface area (Å²) in [7, 11) is 0. The molecule has 0 unspecified atom stereocenters. The summed E-state index contributed by atoms with van der Waals surface area (Å²) in [6.45, 7) is 1.90. The number of fused-ring (bicyclic) bond motifs is 1. The van der Waals surface area contributed by atoms with Crippen molar-refractivity contribution in [3.8, 4) is 0 Å². The quantitative estimate of drug-likeness (QED) is 0.649. The molecule has 1 aromatic heterocycles. The van der Waals surface area contributed by atoms with Gasteiger partial charge in [-0.05, 0) is 18.1 Å². The second-order valence-electron chi connectivity index (χ2n) is 2.64. The van der Waals surface area contributed by atoms with Crippen LogP contribution in [0.4, 0.5) is 4.39 Å². The Kier molecular flexibility index (Phi) is 1.57. The molecule has 12 heavy (non-hydrogen) atoms. The molecular weight excluding hydrogens is 157 g/mol. The summed E-state index contributed by atoms with van der Waals surface area (Å²) < 4.78 is 18.1. The Hall–Kier alpha value is -1.38. The first-order chi connectivity index (χ1) is 5.83. The molecule has 0 saturated heterocycles. The van der Waals surface area contributed by atoms with Crippen molar-refractivity contribution in [1.29, 1.82) is 0 Å². The number of aryl methyl sites for hydroxylation is 1. The molecule has 3 heteroatoms. The lowest BCUT2D eigenvalue weighted by atomic mass is 10.1. The van der Waals surface area contributed by atoms with Crippen LogP contribution in [0.2, 0.25) is 0 Å². The van der Waals surface area contributed by atoms with E-state index in [1.54, 1.807) is 6.07 Å². The average molecular weight is 165 g/mol. The zero-order valence-corrected chi connectivity index (χ0v) is 6.67. The molecule has 0 radical (unpaired) electrons. The highest BCUT2D eigenvalue weighted by Crippen LogP contribution is 2.20. The van der Waals surface area contributed by atoms with E-state index in [9.17, 15) is 4.39 Å². The van der Waals surface area contributed by atoms with Gasteiger partial charge in [-0.25, -0.2) is 4.39 Å². The van der Waals surface area contributed by atoms with E-state index in [1.165, 1.54) is 6.20 Å². The van der Waals surface area contributed by atoms with Gasteiger partial charge in [0.15, 0.2) is 5.82 Å². The van der Waals surface area contributed by atoms with Crippen molar-refractivity contribution in [2.24, 2.45) is 0 Å². The minimum absolute atomic E-state index is 0.259. The smallest absolute Gasteiger partial charge is 0.202 e. The maximum absolute atomic E-state index is 13.4. The van der Waals surface area contributed by atoms with Gasteiger partial charge in [-0.1, -0.05) is 18.1 Å². The third-order valence-electron chi connectivity index (χ3n) is 1.92. The Morgan fingerprint density at radius 2 is 2.33 bits per heavy atom. The Balaban J connectivity index is 2.78. The molecule has 0 bridgehead atoms. The molecule has 62 valence electrons. The predicted octanol–water partition coefficient (Wildman–Crippen LogP) is 2.53. The summed E-state index contributed by atoms with van der Waals surface area (Å²) in [6.07, 6.45) is 2.18.